The van der Waals surface area contributed by atoms with Crippen molar-refractivity contribution in [3.05, 3.63) is 108 Å². The van der Waals surface area contributed by atoms with Crippen LogP contribution in [0, 0.1) is 0 Å². The highest BCUT2D eigenvalue weighted by Gasteiger charge is 2.55. The van der Waals surface area contributed by atoms with Gasteiger partial charge >= 0.3 is 0 Å². The van der Waals surface area contributed by atoms with E-state index in [0.29, 0.717) is 0 Å². The van der Waals surface area contributed by atoms with E-state index in [4.69, 9.17) is 15.0 Å². The first kappa shape index (κ1) is 25.5. The largest absolute Gasteiger partial charge is 0.366 e. The lowest BCUT2D eigenvalue weighted by molar-refractivity contribution is 0.576. The zero-order valence-electron chi connectivity index (χ0n) is 19.2. The Morgan fingerprint density at radius 3 is 2.64 bits per heavy atom. The Hall–Kier alpha value is -0.810. The van der Waals surface area contributed by atoms with Crippen LogP contribution in [0.15, 0.2) is 100 Å². The molecule has 0 radical (unpaired) electrons. The summed E-state index contributed by atoms with van der Waals surface area (Å²) in [6.07, 6.45) is 19.1. The third-order valence-corrected chi connectivity index (χ3v) is 15.1. The van der Waals surface area contributed by atoms with E-state index in [1.54, 1.807) is 0 Å². The average Bonchev–Trinajstić information content (AvgIpc) is 3.67. The number of halogens is 4. The molecule has 8 bridgehead atoms. The third kappa shape index (κ3) is 4.05. The van der Waals surface area contributed by atoms with Crippen molar-refractivity contribution in [3.63, 3.8) is 0 Å². The SMILES string of the molecule is CCn1c2ccc1C(I)(c1ccccn1)C1(I)C=CC(=N1)C(I)C1(I)C=CC(=CC3=NC(=C2)C=C3)N1. The molecule has 0 aromatic carbocycles. The third-order valence-electron chi connectivity index (χ3n) is 6.70. The lowest BCUT2D eigenvalue weighted by Gasteiger charge is -2.38. The summed E-state index contributed by atoms with van der Waals surface area (Å²) in [5, 5.41) is 3.71. The standard InChI is InChI=1S/C27H21I4N5/c1-2-36-20-8-9-23(36)27(31,22-5-3-4-14-32-22)26(30)13-11-21(35-26)24(28)25(29)12-10-19(34-25)15-17-6-7-18(16-20)33-17/h3-16,24,34H,2H2,1H3. The van der Waals surface area contributed by atoms with Gasteiger partial charge in [0.1, 0.15) is 6.97 Å². The van der Waals surface area contributed by atoms with Gasteiger partial charge in [0.15, 0.2) is 3.55 Å². The first-order valence-corrected chi connectivity index (χ1v) is 16.0. The Morgan fingerprint density at radius 1 is 1.00 bits per heavy atom. The molecule has 0 fully saturated rings. The second kappa shape index (κ2) is 9.43. The van der Waals surface area contributed by atoms with Crippen LogP contribution in [0.2, 0.25) is 0 Å². The number of nitrogens with zero attached hydrogens (tertiary/aromatic N) is 4. The number of nitrogens with one attached hydrogen (secondary N) is 1. The van der Waals surface area contributed by atoms with Gasteiger partial charge < -0.3 is 9.88 Å². The van der Waals surface area contributed by atoms with E-state index in [9.17, 15) is 0 Å². The minimum Gasteiger partial charge on any atom is -0.366 e. The van der Waals surface area contributed by atoms with E-state index in [2.05, 4.69) is 180 Å². The highest BCUT2D eigenvalue weighted by Crippen LogP contribution is 2.56. The zero-order valence-corrected chi connectivity index (χ0v) is 27.8. The normalized spacial score (nSPS) is 32.2. The summed E-state index contributed by atoms with van der Waals surface area (Å²) in [5.74, 6) is 0. The fourth-order valence-corrected chi connectivity index (χ4v) is 8.56. The number of aromatic nitrogens is 2. The average molecular weight is 923 g/mol. The van der Waals surface area contributed by atoms with Crippen LogP contribution in [0.1, 0.15) is 24.0 Å². The van der Waals surface area contributed by atoms with Crippen LogP contribution in [0.5, 0.6) is 0 Å². The summed E-state index contributed by atoms with van der Waals surface area (Å²) in [5.41, 5.74) is 7.30. The molecule has 0 saturated carbocycles. The van der Waals surface area contributed by atoms with Gasteiger partial charge in [-0.1, -0.05) is 51.2 Å². The molecule has 5 nitrogen and oxygen atoms in total. The maximum absolute atomic E-state index is 5.45. The van der Waals surface area contributed by atoms with Crippen molar-refractivity contribution < 1.29 is 0 Å². The minimum absolute atomic E-state index is 0.119. The molecule has 1 N–H and O–H groups in total. The van der Waals surface area contributed by atoms with E-state index in [-0.39, 0.29) is 7.47 Å². The van der Waals surface area contributed by atoms with Gasteiger partial charge in [0.2, 0.25) is 0 Å². The summed E-state index contributed by atoms with van der Waals surface area (Å²) in [7, 11) is 0. The molecule has 0 saturated heterocycles. The van der Waals surface area contributed by atoms with Gasteiger partial charge in [-0.15, -0.1) is 0 Å². The Labute approximate surface area is 265 Å². The first-order valence-electron chi connectivity index (χ1n) is 11.5. The second-order valence-electron chi connectivity index (χ2n) is 8.93. The highest BCUT2D eigenvalue weighted by molar-refractivity contribution is 14.1. The Bertz CT molecular complexity index is 1460. The van der Waals surface area contributed by atoms with Gasteiger partial charge in [-0.2, -0.15) is 0 Å². The first-order chi connectivity index (χ1) is 17.3. The van der Waals surface area contributed by atoms with Crippen molar-refractivity contribution in [2.24, 2.45) is 9.98 Å². The van der Waals surface area contributed by atoms with Gasteiger partial charge in [0.05, 0.1) is 26.7 Å². The topological polar surface area (TPSA) is 54.6 Å². The lowest BCUT2D eigenvalue weighted by Crippen LogP contribution is -2.45. The number of aliphatic imine (C=N–C) groups is 2. The van der Waals surface area contributed by atoms with Crippen molar-refractivity contribution in [3.8, 4) is 0 Å². The molecule has 182 valence electrons. The smallest absolute Gasteiger partial charge is 0.156 e. The minimum atomic E-state index is -0.558. The predicted octanol–water partition coefficient (Wildman–Crippen LogP) is 7.07. The van der Waals surface area contributed by atoms with Crippen LogP contribution < -0.4 is 5.32 Å². The van der Waals surface area contributed by atoms with Gasteiger partial charge in [-0.25, -0.2) is 4.99 Å². The number of hydrogen-bond donors (Lipinski definition) is 1. The fraction of sp³-hybridized carbons (Fsp3) is 0.222. The molecule has 4 unspecified atom stereocenters. The summed E-state index contributed by atoms with van der Waals surface area (Å²) >= 11 is 10.2. The van der Waals surface area contributed by atoms with Crippen LogP contribution in [0.4, 0.5) is 0 Å². The summed E-state index contributed by atoms with van der Waals surface area (Å²) < 4.78 is 1.11. The van der Waals surface area contributed by atoms with Crippen molar-refractivity contribution in [2.75, 3.05) is 0 Å². The van der Waals surface area contributed by atoms with Crippen LogP contribution in [-0.4, -0.2) is 32.0 Å². The van der Waals surface area contributed by atoms with Crippen molar-refractivity contribution >= 4 is 108 Å². The molecule has 0 aliphatic carbocycles. The maximum atomic E-state index is 5.45. The number of hydrogen-bond acceptors (Lipinski definition) is 4. The second-order valence-corrected chi connectivity index (χ2v) is 15.2. The molecule has 0 spiro atoms. The van der Waals surface area contributed by atoms with Crippen molar-refractivity contribution in [1.29, 1.82) is 0 Å². The van der Waals surface area contributed by atoms with Gasteiger partial charge in [0, 0.05) is 29.8 Å². The van der Waals surface area contributed by atoms with E-state index >= 15 is 0 Å². The number of rotatable bonds is 2. The van der Waals surface area contributed by atoms with Crippen LogP contribution >= 0.6 is 90.4 Å². The summed E-state index contributed by atoms with van der Waals surface area (Å²) in [6.45, 7) is 3.02. The van der Waals surface area contributed by atoms with E-state index in [0.717, 1.165) is 40.8 Å². The molecule has 2 aromatic rings. The number of allylic oxidation sites excluding steroid dienone is 5. The molecular weight excluding hydrogens is 902 g/mol. The molecule has 0 amide bonds. The number of alkyl halides is 4. The molecule has 2 aromatic heterocycles. The van der Waals surface area contributed by atoms with Crippen molar-refractivity contribution in [1.82, 2.24) is 14.9 Å². The lowest BCUT2D eigenvalue weighted by atomic mass is 9.92. The molecule has 6 rings (SSSR count). The number of pyridine rings is 1. The number of fused-ring (bicyclic) bond motifs is 6. The zero-order chi connectivity index (χ0) is 25.1. The van der Waals surface area contributed by atoms with Crippen LogP contribution in [-0.2, 0) is 9.97 Å². The fourth-order valence-electron chi connectivity index (χ4n) is 4.94. The maximum Gasteiger partial charge on any atom is 0.156 e. The molecule has 4 aliphatic heterocycles. The summed E-state index contributed by atoms with van der Waals surface area (Å²) in [6, 6.07) is 10.6. The Balaban J connectivity index is 1.62. The van der Waals surface area contributed by atoms with Crippen LogP contribution in [0.3, 0.4) is 0 Å². The van der Waals surface area contributed by atoms with Gasteiger partial charge in [0.25, 0.3) is 0 Å². The molecule has 6 heterocycles. The monoisotopic (exact) mass is 923 g/mol. The summed E-state index contributed by atoms with van der Waals surface area (Å²) in [4.78, 5) is 15.2. The Kier molecular flexibility index (Phi) is 6.67. The van der Waals surface area contributed by atoms with Gasteiger partial charge in [-0.05, 0) is 125 Å². The predicted molar refractivity (Wildman–Crippen MR) is 182 cm³/mol. The molecule has 36 heavy (non-hydrogen) atoms. The highest BCUT2D eigenvalue weighted by atomic mass is 127. The van der Waals surface area contributed by atoms with E-state index < -0.39 is 6.97 Å². The van der Waals surface area contributed by atoms with E-state index in [1.807, 2.05) is 12.3 Å². The van der Waals surface area contributed by atoms with E-state index in [1.165, 1.54) is 5.69 Å². The molecule has 9 heteroatoms. The van der Waals surface area contributed by atoms with Crippen molar-refractivity contribution in [2.45, 2.75) is 27.9 Å². The molecule has 4 atom stereocenters. The Morgan fingerprint density at radius 2 is 1.86 bits per heavy atom. The quantitative estimate of drug-likeness (QED) is 0.199. The molecule has 4 aliphatic rings. The molecular formula is C27H21I4N5. The van der Waals surface area contributed by atoms with Crippen LogP contribution in [0.25, 0.3) is 6.08 Å². The van der Waals surface area contributed by atoms with Gasteiger partial charge in [-0.3, -0.25) is 9.98 Å².